The van der Waals surface area contributed by atoms with Gasteiger partial charge in [-0.3, -0.25) is 5.32 Å². The molecule has 3 aromatic rings. The molecule has 0 saturated heterocycles. The molecule has 0 aliphatic heterocycles. The second kappa shape index (κ2) is 8.61. The summed E-state index contributed by atoms with van der Waals surface area (Å²) in [6, 6.07) is 19.0. The van der Waals surface area contributed by atoms with Crippen LogP contribution >= 0.6 is 0 Å². The zero-order valence-corrected chi connectivity index (χ0v) is 16.5. The van der Waals surface area contributed by atoms with Crippen LogP contribution in [0.25, 0.3) is 0 Å². The molecule has 0 unspecified atom stereocenters. The SMILES string of the molecule is CCc1cccc(Cc2cccc(C)c2OC(=O)Nc2ccc(C)cc2)c1O. The zero-order valence-electron chi connectivity index (χ0n) is 16.5. The first-order chi connectivity index (χ1) is 13.5. The Labute approximate surface area is 165 Å². The van der Waals surface area contributed by atoms with Crippen molar-refractivity contribution in [3.05, 3.63) is 88.5 Å². The van der Waals surface area contributed by atoms with Crippen LogP contribution in [0.15, 0.2) is 60.7 Å². The number of hydrogen-bond donors (Lipinski definition) is 2. The molecule has 144 valence electrons. The van der Waals surface area contributed by atoms with Gasteiger partial charge in [-0.15, -0.1) is 0 Å². The van der Waals surface area contributed by atoms with Crippen LogP contribution in [-0.4, -0.2) is 11.2 Å². The van der Waals surface area contributed by atoms with Crippen LogP contribution in [0.5, 0.6) is 11.5 Å². The van der Waals surface area contributed by atoms with E-state index >= 15 is 0 Å². The largest absolute Gasteiger partial charge is 0.507 e. The van der Waals surface area contributed by atoms with Crippen LogP contribution < -0.4 is 10.1 Å². The molecule has 4 nitrogen and oxygen atoms in total. The van der Waals surface area contributed by atoms with Crippen LogP contribution in [0.4, 0.5) is 10.5 Å². The predicted octanol–water partition coefficient (Wildman–Crippen LogP) is 5.77. The number of carbonyl (C=O) groups excluding carboxylic acids is 1. The first kappa shape index (κ1) is 19.5. The van der Waals surface area contributed by atoms with E-state index in [-0.39, 0.29) is 0 Å². The number of aromatic hydroxyl groups is 1. The Morgan fingerprint density at radius 2 is 1.57 bits per heavy atom. The molecule has 3 rings (SSSR count). The third kappa shape index (κ3) is 4.52. The molecule has 0 atom stereocenters. The van der Waals surface area contributed by atoms with Crippen molar-refractivity contribution in [2.24, 2.45) is 0 Å². The zero-order chi connectivity index (χ0) is 20.1. The monoisotopic (exact) mass is 375 g/mol. The third-order valence-electron chi connectivity index (χ3n) is 4.75. The van der Waals surface area contributed by atoms with Gasteiger partial charge in [0.25, 0.3) is 0 Å². The van der Waals surface area contributed by atoms with E-state index in [4.69, 9.17) is 4.74 Å². The summed E-state index contributed by atoms with van der Waals surface area (Å²) in [7, 11) is 0. The maximum absolute atomic E-state index is 12.4. The van der Waals surface area contributed by atoms with Gasteiger partial charge >= 0.3 is 6.09 Å². The van der Waals surface area contributed by atoms with Gasteiger partial charge in [0, 0.05) is 12.1 Å². The summed E-state index contributed by atoms with van der Waals surface area (Å²) in [4.78, 5) is 12.4. The van der Waals surface area contributed by atoms with E-state index in [1.54, 1.807) is 0 Å². The third-order valence-corrected chi connectivity index (χ3v) is 4.75. The van der Waals surface area contributed by atoms with Crippen molar-refractivity contribution in [2.75, 3.05) is 5.32 Å². The average Bonchev–Trinajstić information content (AvgIpc) is 2.68. The van der Waals surface area contributed by atoms with Gasteiger partial charge in [0.05, 0.1) is 0 Å². The summed E-state index contributed by atoms with van der Waals surface area (Å²) < 4.78 is 5.65. The fraction of sp³-hybridized carbons (Fsp3) is 0.208. The molecule has 0 saturated carbocycles. The topological polar surface area (TPSA) is 58.6 Å². The maximum Gasteiger partial charge on any atom is 0.417 e. The van der Waals surface area contributed by atoms with Gasteiger partial charge in [-0.1, -0.05) is 61.0 Å². The molecule has 0 heterocycles. The molecular weight excluding hydrogens is 350 g/mol. The summed E-state index contributed by atoms with van der Waals surface area (Å²) >= 11 is 0. The van der Waals surface area contributed by atoms with Gasteiger partial charge in [0.1, 0.15) is 11.5 Å². The number of nitrogens with one attached hydrogen (secondary N) is 1. The van der Waals surface area contributed by atoms with Gasteiger partial charge < -0.3 is 9.84 Å². The second-order valence-corrected chi connectivity index (χ2v) is 6.90. The van der Waals surface area contributed by atoms with E-state index < -0.39 is 6.09 Å². The average molecular weight is 375 g/mol. The summed E-state index contributed by atoms with van der Waals surface area (Å²) in [6.07, 6.45) is 0.704. The van der Waals surface area contributed by atoms with Crippen molar-refractivity contribution in [1.29, 1.82) is 0 Å². The molecule has 3 aromatic carbocycles. The second-order valence-electron chi connectivity index (χ2n) is 6.90. The van der Waals surface area contributed by atoms with Crippen molar-refractivity contribution in [2.45, 2.75) is 33.6 Å². The van der Waals surface area contributed by atoms with E-state index in [2.05, 4.69) is 5.32 Å². The Kier molecular flexibility index (Phi) is 5.99. The highest BCUT2D eigenvalue weighted by Crippen LogP contribution is 2.31. The van der Waals surface area contributed by atoms with Crippen molar-refractivity contribution in [3.63, 3.8) is 0 Å². The quantitative estimate of drug-likeness (QED) is 0.595. The number of aryl methyl sites for hydroxylation is 3. The number of amides is 1. The number of hydrogen-bond acceptors (Lipinski definition) is 3. The number of phenols is 1. The molecule has 0 spiro atoms. The molecule has 0 aliphatic rings. The fourth-order valence-electron chi connectivity index (χ4n) is 3.15. The smallest absolute Gasteiger partial charge is 0.417 e. The molecule has 28 heavy (non-hydrogen) atoms. The van der Waals surface area contributed by atoms with Crippen LogP contribution in [0, 0.1) is 13.8 Å². The van der Waals surface area contributed by atoms with Crippen molar-refractivity contribution in [1.82, 2.24) is 0 Å². The lowest BCUT2D eigenvalue weighted by Crippen LogP contribution is -2.18. The predicted molar refractivity (Wildman–Crippen MR) is 112 cm³/mol. The molecule has 1 amide bonds. The van der Waals surface area contributed by atoms with Crippen molar-refractivity contribution in [3.8, 4) is 11.5 Å². The highest BCUT2D eigenvalue weighted by atomic mass is 16.6. The molecule has 0 radical (unpaired) electrons. The van der Waals surface area contributed by atoms with Gasteiger partial charge in [0.2, 0.25) is 0 Å². The normalized spacial score (nSPS) is 10.5. The van der Waals surface area contributed by atoms with Crippen molar-refractivity contribution >= 4 is 11.8 Å². The minimum absolute atomic E-state index is 0.307. The summed E-state index contributed by atoms with van der Waals surface area (Å²) in [6.45, 7) is 5.90. The number of phenolic OH excluding ortho intramolecular Hbond substituents is 1. The van der Waals surface area contributed by atoms with Gasteiger partial charge in [-0.05, 0) is 54.7 Å². The molecule has 2 N–H and O–H groups in total. The summed E-state index contributed by atoms with van der Waals surface area (Å²) in [5.41, 5.74) is 5.23. The van der Waals surface area contributed by atoms with Crippen LogP contribution in [0.1, 0.15) is 34.7 Å². The van der Waals surface area contributed by atoms with Gasteiger partial charge in [-0.2, -0.15) is 0 Å². The fourth-order valence-corrected chi connectivity index (χ4v) is 3.15. The first-order valence-corrected chi connectivity index (χ1v) is 9.41. The molecule has 0 fully saturated rings. The van der Waals surface area contributed by atoms with E-state index in [0.29, 0.717) is 23.6 Å². The Hall–Kier alpha value is -3.27. The van der Waals surface area contributed by atoms with E-state index in [1.165, 1.54) is 0 Å². The van der Waals surface area contributed by atoms with Crippen LogP contribution in [0.3, 0.4) is 0 Å². The molecular formula is C24H25NO3. The minimum Gasteiger partial charge on any atom is -0.507 e. The highest BCUT2D eigenvalue weighted by Gasteiger charge is 2.15. The number of rotatable bonds is 5. The minimum atomic E-state index is -0.536. The maximum atomic E-state index is 12.4. The number of benzene rings is 3. The Morgan fingerprint density at radius 3 is 2.29 bits per heavy atom. The lowest BCUT2D eigenvalue weighted by molar-refractivity contribution is 0.214. The molecule has 4 heteroatoms. The van der Waals surface area contributed by atoms with Crippen LogP contribution in [-0.2, 0) is 12.8 Å². The molecule has 0 aliphatic carbocycles. The lowest BCUT2D eigenvalue weighted by atomic mass is 9.98. The standard InChI is InChI=1S/C24H25NO3/c1-4-18-8-6-9-19(22(18)26)15-20-10-5-7-17(3)23(20)28-24(27)25-21-13-11-16(2)12-14-21/h5-14,26H,4,15H2,1-3H3,(H,25,27). The van der Waals surface area contributed by atoms with Crippen LogP contribution in [0.2, 0.25) is 0 Å². The Balaban J connectivity index is 1.82. The number of anilines is 1. The molecule has 0 aromatic heterocycles. The number of carbonyl (C=O) groups is 1. The van der Waals surface area contributed by atoms with E-state index in [1.807, 2.05) is 81.4 Å². The van der Waals surface area contributed by atoms with E-state index in [9.17, 15) is 9.90 Å². The van der Waals surface area contributed by atoms with Gasteiger partial charge in [0.15, 0.2) is 0 Å². The van der Waals surface area contributed by atoms with E-state index in [0.717, 1.165) is 34.2 Å². The molecule has 0 bridgehead atoms. The number of para-hydroxylation sites is 2. The summed E-state index contributed by atoms with van der Waals surface area (Å²) in [5.74, 6) is 0.829. The lowest BCUT2D eigenvalue weighted by Gasteiger charge is -2.15. The highest BCUT2D eigenvalue weighted by molar-refractivity contribution is 5.86. The van der Waals surface area contributed by atoms with Crippen molar-refractivity contribution < 1.29 is 14.6 Å². The first-order valence-electron chi connectivity index (χ1n) is 9.41. The Bertz CT molecular complexity index is 978. The number of ether oxygens (including phenoxy) is 1. The van der Waals surface area contributed by atoms with Gasteiger partial charge in [-0.25, -0.2) is 4.79 Å². The summed E-state index contributed by atoms with van der Waals surface area (Å²) in [5, 5.41) is 13.2. The Morgan fingerprint density at radius 1 is 0.929 bits per heavy atom.